The second-order valence-electron chi connectivity index (χ2n) is 5.06. The average molecular weight is 276 g/mol. The first kappa shape index (κ1) is 13.2. The number of rotatable bonds is 6. The molecule has 1 unspecified atom stereocenters. The summed E-state index contributed by atoms with van der Waals surface area (Å²) in [7, 11) is 0. The molecule has 6 nitrogen and oxygen atoms in total. The summed E-state index contributed by atoms with van der Waals surface area (Å²) in [6.45, 7) is 5.26. The van der Waals surface area contributed by atoms with Gasteiger partial charge < -0.3 is 14.8 Å². The zero-order chi connectivity index (χ0) is 13.8. The van der Waals surface area contributed by atoms with E-state index >= 15 is 0 Å². The number of imidazole rings is 1. The van der Waals surface area contributed by atoms with Gasteiger partial charge in [-0.25, -0.2) is 4.98 Å². The molecule has 2 aromatic rings. The molecule has 3 heterocycles. The van der Waals surface area contributed by atoms with Crippen molar-refractivity contribution in [2.75, 3.05) is 31.7 Å². The van der Waals surface area contributed by atoms with Crippen molar-refractivity contribution < 1.29 is 9.47 Å². The van der Waals surface area contributed by atoms with Crippen molar-refractivity contribution in [3.05, 3.63) is 18.6 Å². The Hall–Kier alpha value is -1.82. The van der Waals surface area contributed by atoms with Crippen LogP contribution in [0.5, 0.6) is 5.88 Å². The maximum Gasteiger partial charge on any atom is 0.260 e. The summed E-state index contributed by atoms with van der Waals surface area (Å²) in [5.74, 6) is 1.86. The summed E-state index contributed by atoms with van der Waals surface area (Å²) >= 11 is 0. The molecular formula is C14H20N4O2. The van der Waals surface area contributed by atoms with Crippen LogP contribution in [0, 0.1) is 5.92 Å². The molecule has 0 bridgehead atoms. The van der Waals surface area contributed by atoms with E-state index in [1.54, 1.807) is 6.20 Å². The maximum atomic E-state index is 5.87. The van der Waals surface area contributed by atoms with Gasteiger partial charge in [0.25, 0.3) is 5.88 Å². The maximum absolute atomic E-state index is 5.87. The normalized spacial score (nSPS) is 18.6. The number of anilines is 1. The minimum atomic E-state index is 0.457. The molecule has 0 amide bonds. The third-order valence-electron chi connectivity index (χ3n) is 3.38. The Labute approximate surface area is 118 Å². The highest BCUT2D eigenvalue weighted by Gasteiger charge is 2.18. The molecule has 3 rings (SSSR count). The minimum Gasteiger partial charge on any atom is -0.475 e. The van der Waals surface area contributed by atoms with E-state index in [0.717, 1.165) is 44.1 Å². The van der Waals surface area contributed by atoms with Crippen LogP contribution in [0.4, 0.5) is 5.82 Å². The van der Waals surface area contributed by atoms with E-state index in [4.69, 9.17) is 9.47 Å². The molecule has 1 aliphatic rings. The molecular weight excluding hydrogens is 256 g/mol. The van der Waals surface area contributed by atoms with Gasteiger partial charge in [0.2, 0.25) is 5.65 Å². The van der Waals surface area contributed by atoms with Crippen LogP contribution < -0.4 is 10.1 Å². The number of nitrogens with one attached hydrogen (secondary N) is 1. The third kappa shape index (κ3) is 2.85. The van der Waals surface area contributed by atoms with Crippen LogP contribution in [0.2, 0.25) is 0 Å². The average Bonchev–Trinajstić information content (AvgIpc) is 3.13. The lowest BCUT2D eigenvalue weighted by atomic mass is 10.1. The Bertz CT molecular complexity index is 563. The van der Waals surface area contributed by atoms with Gasteiger partial charge in [0, 0.05) is 31.5 Å². The largest absolute Gasteiger partial charge is 0.475 e. The topological polar surface area (TPSA) is 60.7 Å². The summed E-state index contributed by atoms with van der Waals surface area (Å²) in [4.78, 5) is 8.82. The summed E-state index contributed by atoms with van der Waals surface area (Å²) < 4.78 is 13.2. The van der Waals surface area contributed by atoms with E-state index in [1.807, 2.05) is 16.8 Å². The van der Waals surface area contributed by atoms with Crippen molar-refractivity contribution in [2.24, 2.45) is 5.92 Å². The smallest absolute Gasteiger partial charge is 0.260 e. The summed E-state index contributed by atoms with van der Waals surface area (Å²) in [6, 6.07) is 0. The van der Waals surface area contributed by atoms with Gasteiger partial charge in [0.15, 0.2) is 0 Å². The first-order valence-electron chi connectivity index (χ1n) is 7.15. The van der Waals surface area contributed by atoms with Gasteiger partial charge in [-0.15, -0.1) is 0 Å². The summed E-state index contributed by atoms with van der Waals surface area (Å²) in [5.41, 5.74) is 0.756. The molecule has 1 atom stereocenters. The van der Waals surface area contributed by atoms with E-state index in [2.05, 4.69) is 22.2 Å². The number of hydrogen-bond donors (Lipinski definition) is 1. The molecule has 0 saturated carbocycles. The van der Waals surface area contributed by atoms with E-state index in [1.165, 1.54) is 0 Å². The lowest BCUT2D eigenvalue weighted by Crippen LogP contribution is -2.13. The van der Waals surface area contributed by atoms with Crippen LogP contribution in [0.25, 0.3) is 5.65 Å². The Balaban J connectivity index is 1.77. The van der Waals surface area contributed by atoms with Gasteiger partial charge in [-0.3, -0.25) is 4.40 Å². The van der Waals surface area contributed by atoms with Gasteiger partial charge in [-0.05, 0) is 12.8 Å². The van der Waals surface area contributed by atoms with E-state index in [9.17, 15) is 0 Å². The highest BCUT2D eigenvalue weighted by Crippen LogP contribution is 2.21. The molecule has 1 saturated heterocycles. The standard InChI is InChI=1S/C14H20N4O2/c1-2-4-15-12-8-18-6-5-16-13(18)14(17-12)20-10-11-3-7-19-9-11/h5-6,8,11,15H,2-4,7,9-10H2,1H3. The SMILES string of the molecule is CCCNc1cn2ccnc2c(OCC2CCOC2)n1. The fourth-order valence-electron chi connectivity index (χ4n) is 2.25. The third-order valence-corrected chi connectivity index (χ3v) is 3.38. The number of hydrogen-bond acceptors (Lipinski definition) is 5. The molecule has 1 aliphatic heterocycles. The van der Waals surface area contributed by atoms with Crippen LogP contribution in [-0.4, -0.2) is 40.7 Å². The van der Waals surface area contributed by atoms with Gasteiger partial charge in [-0.2, -0.15) is 4.98 Å². The van der Waals surface area contributed by atoms with Gasteiger partial charge in [0.1, 0.15) is 5.82 Å². The van der Waals surface area contributed by atoms with Crippen molar-refractivity contribution in [1.82, 2.24) is 14.4 Å². The van der Waals surface area contributed by atoms with Crippen LogP contribution in [-0.2, 0) is 4.74 Å². The van der Waals surface area contributed by atoms with Gasteiger partial charge >= 0.3 is 0 Å². The summed E-state index contributed by atoms with van der Waals surface area (Å²) in [6.07, 6.45) is 7.70. The van der Waals surface area contributed by atoms with Gasteiger partial charge in [-0.1, -0.05) is 6.92 Å². The number of fused-ring (bicyclic) bond motifs is 1. The Kier molecular flexibility index (Phi) is 4.01. The second kappa shape index (κ2) is 6.09. The molecule has 0 aromatic carbocycles. The van der Waals surface area contributed by atoms with Crippen molar-refractivity contribution in [1.29, 1.82) is 0 Å². The lowest BCUT2D eigenvalue weighted by molar-refractivity contribution is 0.166. The number of ether oxygens (including phenoxy) is 2. The van der Waals surface area contributed by atoms with E-state index in [0.29, 0.717) is 18.4 Å². The zero-order valence-corrected chi connectivity index (χ0v) is 11.7. The quantitative estimate of drug-likeness (QED) is 0.874. The molecule has 108 valence electrons. The predicted molar refractivity (Wildman–Crippen MR) is 76.2 cm³/mol. The molecule has 6 heteroatoms. The highest BCUT2D eigenvalue weighted by molar-refractivity contribution is 5.53. The Morgan fingerprint density at radius 2 is 2.50 bits per heavy atom. The van der Waals surface area contributed by atoms with Crippen molar-refractivity contribution in [3.63, 3.8) is 0 Å². The number of aromatic nitrogens is 3. The molecule has 1 fully saturated rings. The summed E-state index contributed by atoms with van der Waals surface area (Å²) in [5, 5.41) is 3.28. The van der Waals surface area contributed by atoms with Crippen LogP contribution in [0.15, 0.2) is 18.6 Å². The van der Waals surface area contributed by atoms with Gasteiger partial charge in [0.05, 0.1) is 19.4 Å². The number of nitrogens with zero attached hydrogens (tertiary/aromatic N) is 3. The molecule has 20 heavy (non-hydrogen) atoms. The zero-order valence-electron chi connectivity index (χ0n) is 11.7. The highest BCUT2D eigenvalue weighted by atomic mass is 16.5. The van der Waals surface area contributed by atoms with Crippen LogP contribution in [0.1, 0.15) is 19.8 Å². The molecule has 2 aromatic heterocycles. The fourth-order valence-corrected chi connectivity index (χ4v) is 2.25. The minimum absolute atomic E-state index is 0.457. The van der Waals surface area contributed by atoms with E-state index < -0.39 is 0 Å². The predicted octanol–water partition coefficient (Wildman–Crippen LogP) is 1.97. The lowest BCUT2D eigenvalue weighted by Gasteiger charge is -2.12. The van der Waals surface area contributed by atoms with Crippen molar-refractivity contribution in [3.8, 4) is 5.88 Å². The van der Waals surface area contributed by atoms with Crippen molar-refractivity contribution >= 4 is 11.5 Å². The molecule has 0 spiro atoms. The van der Waals surface area contributed by atoms with E-state index in [-0.39, 0.29) is 0 Å². The Morgan fingerprint density at radius 3 is 3.30 bits per heavy atom. The first-order valence-corrected chi connectivity index (χ1v) is 7.15. The molecule has 1 N–H and O–H groups in total. The van der Waals surface area contributed by atoms with Crippen molar-refractivity contribution in [2.45, 2.75) is 19.8 Å². The molecule has 0 aliphatic carbocycles. The first-order chi connectivity index (χ1) is 9.86. The second-order valence-corrected chi connectivity index (χ2v) is 5.06. The monoisotopic (exact) mass is 276 g/mol. The fraction of sp³-hybridized carbons (Fsp3) is 0.571. The van der Waals surface area contributed by atoms with Crippen LogP contribution in [0.3, 0.4) is 0 Å². The molecule has 0 radical (unpaired) electrons. The Morgan fingerprint density at radius 1 is 1.55 bits per heavy atom. The van der Waals surface area contributed by atoms with Crippen LogP contribution >= 0.6 is 0 Å².